The van der Waals surface area contributed by atoms with E-state index in [1.165, 1.54) is 16.5 Å². The summed E-state index contributed by atoms with van der Waals surface area (Å²) in [5.74, 6) is 0. The van der Waals surface area contributed by atoms with Gasteiger partial charge < -0.3 is 9.73 Å². The Bertz CT molecular complexity index is 512. The Balaban J connectivity index is 2.33. The average Bonchev–Trinajstić information content (AvgIpc) is 2.79. The summed E-state index contributed by atoms with van der Waals surface area (Å²) >= 11 is 0. The van der Waals surface area contributed by atoms with Crippen LogP contribution in [0.4, 0.5) is 0 Å². The van der Waals surface area contributed by atoms with Gasteiger partial charge in [0.1, 0.15) is 5.58 Å². The molecule has 0 fully saturated rings. The third-order valence-corrected chi connectivity index (χ3v) is 3.23. The lowest BCUT2D eigenvalue weighted by atomic mass is 9.98. The van der Waals surface area contributed by atoms with E-state index in [0.717, 1.165) is 18.4 Å². The first-order valence-corrected chi connectivity index (χ1v) is 6.06. The van der Waals surface area contributed by atoms with E-state index in [2.05, 4.69) is 24.9 Å². The zero-order chi connectivity index (χ0) is 12.3. The molecule has 0 aliphatic heterocycles. The van der Waals surface area contributed by atoms with Crippen LogP contribution in [0.5, 0.6) is 0 Å². The van der Waals surface area contributed by atoms with E-state index >= 15 is 0 Å². The van der Waals surface area contributed by atoms with E-state index < -0.39 is 0 Å². The van der Waals surface area contributed by atoms with Crippen molar-refractivity contribution in [3.8, 4) is 0 Å². The molecule has 0 saturated heterocycles. The molecule has 1 aromatic heterocycles. The first kappa shape index (κ1) is 11.9. The number of benzene rings is 1. The maximum atomic E-state index is 5.58. The van der Waals surface area contributed by atoms with E-state index in [0.29, 0.717) is 0 Å². The van der Waals surface area contributed by atoms with Gasteiger partial charge in [-0.25, -0.2) is 0 Å². The van der Waals surface area contributed by atoms with Gasteiger partial charge in [0, 0.05) is 17.0 Å². The predicted molar refractivity (Wildman–Crippen MR) is 72.1 cm³/mol. The Kier molecular flexibility index (Phi) is 3.64. The van der Waals surface area contributed by atoms with E-state index in [1.54, 1.807) is 0 Å². The van der Waals surface area contributed by atoms with Crippen LogP contribution in [0.1, 0.15) is 31.4 Å². The number of hydrogen-bond donors (Lipinski definition) is 1. The molecule has 0 aliphatic carbocycles. The molecule has 17 heavy (non-hydrogen) atoms. The van der Waals surface area contributed by atoms with Gasteiger partial charge in [0.25, 0.3) is 0 Å². The van der Waals surface area contributed by atoms with Crippen molar-refractivity contribution >= 4 is 11.0 Å². The normalized spacial score (nSPS) is 12.8. The molecule has 0 aliphatic rings. The SMILES string of the molecule is C=C(CC)CC(NC)c1coc2ccccc12. The third kappa shape index (κ3) is 2.42. The van der Waals surface area contributed by atoms with Gasteiger partial charge in [-0.05, 0) is 26.0 Å². The lowest BCUT2D eigenvalue weighted by Gasteiger charge is -2.15. The summed E-state index contributed by atoms with van der Waals surface area (Å²) in [6, 6.07) is 8.43. The van der Waals surface area contributed by atoms with Gasteiger partial charge in [-0.3, -0.25) is 0 Å². The number of nitrogens with one attached hydrogen (secondary N) is 1. The van der Waals surface area contributed by atoms with Crippen molar-refractivity contribution in [1.82, 2.24) is 5.32 Å². The van der Waals surface area contributed by atoms with Crippen molar-refractivity contribution in [2.24, 2.45) is 0 Å². The molecule has 1 atom stereocenters. The Morgan fingerprint density at radius 1 is 1.41 bits per heavy atom. The summed E-state index contributed by atoms with van der Waals surface area (Å²) in [5, 5.41) is 4.53. The summed E-state index contributed by atoms with van der Waals surface area (Å²) < 4.78 is 5.58. The molecule has 1 N–H and O–H groups in total. The van der Waals surface area contributed by atoms with Crippen LogP contribution in [-0.2, 0) is 0 Å². The monoisotopic (exact) mass is 229 g/mol. The van der Waals surface area contributed by atoms with Gasteiger partial charge in [0.15, 0.2) is 0 Å². The fourth-order valence-corrected chi connectivity index (χ4v) is 2.07. The minimum Gasteiger partial charge on any atom is -0.464 e. The Morgan fingerprint density at radius 3 is 2.88 bits per heavy atom. The highest BCUT2D eigenvalue weighted by Gasteiger charge is 2.15. The highest BCUT2D eigenvalue weighted by molar-refractivity contribution is 5.81. The van der Waals surface area contributed by atoms with Crippen LogP contribution >= 0.6 is 0 Å². The van der Waals surface area contributed by atoms with Crippen LogP contribution in [0, 0.1) is 0 Å². The zero-order valence-electron chi connectivity index (χ0n) is 10.5. The highest BCUT2D eigenvalue weighted by atomic mass is 16.3. The van der Waals surface area contributed by atoms with Crippen molar-refractivity contribution in [2.45, 2.75) is 25.8 Å². The first-order valence-electron chi connectivity index (χ1n) is 6.06. The summed E-state index contributed by atoms with van der Waals surface area (Å²) in [7, 11) is 1.98. The quantitative estimate of drug-likeness (QED) is 0.782. The van der Waals surface area contributed by atoms with Crippen molar-refractivity contribution < 1.29 is 4.42 Å². The van der Waals surface area contributed by atoms with E-state index in [-0.39, 0.29) is 6.04 Å². The van der Waals surface area contributed by atoms with E-state index in [1.807, 2.05) is 31.5 Å². The van der Waals surface area contributed by atoms with Crippen molar-refractivity contribution in [2.75, 3.05) is 7.05 Å². The Hall–Kier alpha value is -1.54. The van der Waals surface area contributed by atoms with Gasteiger partial charge in [-0.1, -0.05) is 37.3 Å². The van der Waals surface area contributed by atoms with Crippen LogP contribution in [0.25, 0.3) is 11.0 Å². The van der Waals surface area contributed by atoms with Gasteiger partial charge >= 0.3 is 0 Å². The van der Waals surface area contributed by atoms with Crippen LogP contribution in [0.3, 0.4) is 0 Å². The smallest absolute Gasteiger partial charge is 0.134 e. The van der Waals surface area contributed by atoms with Crippen molar-refractivity contribution in [3.63, 3.8) is 0 Å². The number of fused-ring (bicyclic) bond motifs is 1. The number of hydrogen-bond acceptors (Lipinski definition) is 2. The topological polar surface area (TPSA) is 25.2 Å². The first-order chi connectivity index (χ1) is 8.26. The van der Waals surface area contributed by atoms with Gasteiger partial charge in [0.2, 0.25) is 0 Å². The maximum Gasteiger partial charge on any atom is 0.134 e. The molecular formula is C15H19NO. The fourth-order valence-electron chi connectivity index (χ4n) is 2.07. The third-order valence-electron chi connectivity index (χ3n) is 3.23. The molecule has 1 heterocycles. The minimum atomic E-state index is 0.283. The fraction of sp³-hybridized carbons (Fsp3) is 0.333. The summed E-state index contributed by atoms with van der Waals surface area (Å²) in [6.07, 6.45) is 3.83. The second kappa shape index (κ2) is 5.19. The van der Waals surface area contributed by atoms with Crippen LogP contribution < -0.4 is 5.32 Å². The molecular weight excluding hydrogens is 210 g/mol. The zero-order valence-corrected chi connectivity index (χ0v) is 10.5. The lowest BCUT2D eigenvalue weighted by Crippen LogP contribution is -2.16. The van der Waals surface area contributed by atoms with Crippen LogP contribution in [0.2, 0.25) is 0 Å². The second-order valence-electron chi connectivity index (χ2n) is 4.34. The van der Waals surface area contributed by atoms with Gasteiger partial charge in [-0.2, -0.15) is 0 Å². The largest absolute Gasteiger partial charge is 0.464 e. The predicted octanol–water partition coefficient (Wildman–Crippen LogP) is 4.05. The molecule has 0 amide bonds. The van der Waals surface area contributed by atoms with Crippen molar-refractivity contribution in [3.05, 3.63) is 48.2 Å². The molecule has 0 spiro atoms. The summed E-state index contributed by atoms with van der Waals surface area (Å²) in [5.41, 5.74) is 3.43. The maximum absolute atomic E-state index is 5.58. The molecule has 0 bridgehead atoms. The molecule has 0 saturated carbocycles. The average molecular weight is 229 g/mol. The number of para-hydroxylation sites is 1. The standard InChI is InChI=1S/C15H19NO/c1-4-11(2)9-14(16-3)13-10-17-15-8-6-5-7-12(13)15/h5-8,10,14,16H,2,4,9H2,1,3H3. The summed E-state index contributed by atoms with van der Waals surface area (Å²) in [6.45, 7) is 6.22. The minimum absolute atomic E-state index is 0.283. The van der Waals surface area contributed by atoms with Crippen LogP contribution in [0.15, 0.2) is 47.1 Å². The molecule has 0 radical (unpaired) electrons. The molecule has 90 valence electrons. The van der Waals surface area contributed by atoms with Crippen molar-refractivity contribution in [1.29, 1.82) is 0 Å². The second-order valence-corrected chi connectivity index (χ2v) is 4.34. The highest BCUT2D eigenvalue weighted by Crippen LogP contribution is 2.29. The number of rotatable bonds is 5. The molecule has 2 rings (SSSR count). The molecule has 2 heteroatoms. The van der Waals surface area contributed by atoms with Gasteiger partial charge in [0.05, 0.1) is 6.26 Å². The molecule has 2 aromatic rings. The number of furan rings is 1. The van der Waals surface area contributed by atoms with E-state index in [4.69, 9.17) is 4.42 Å². The molecule has 1 aromatic carbocycles. The summed E-state index contributed by atoms with van der Waals surface area (Å²) in [4.78, 5) is 0. The Morgan fingerprint density at radius 2 is 2.18 bits per heavy atom. The van der Waals surface area contributed by atoms with Crippen LogP contribution in [-0.4, -0.2) is 7.05 Å². The Labute approximate surface area is 102 Å². The molecule has 1 unspecified atom stereocenters. The lowest BCUT2D eigenvalue weighted by molar-refractivity contribution is 0.558. The van der Waals surface area contributed by atoms with Gasteiger partial charge in [-0.15, -0.1) is 0 Å². The van der Waals surface area contributed by atoms with E-state index in [9.17, 15) is 0 Å². The molecule has 2 nitrogen and oxygen atoms in total.